The van der Waals surface area contributed by atoms with E-state index in [0.717, 1.165) is 17.7 Å². The summed E-state index contributed by atoms with van der Waals surface area (Å²) in [6.07, 6.45) is 2.68. The van der Waals surface area contributed by atoms with Crippen LogP contribution in [-0.4, -0.2) is 36.5 Å². The summed E-state index contributed by atoms with van der Waals surface area (Å²) in [6, 6.07) is 0. The van der Waals surface area contributed by atoms with E-state index >= 15 is 0 Å². The van der Waals surface area contributed by atoms with Crippen molar-refractivity contribution in [2.24, 2.45) is 0 Å². The third-order valence-corrected chi connectivity index (χ3v) is 5.09. The van der Waals surface area contributed by atoms with E-state index in [9.17, 15) is 8.42 Å². The average Bonchev–Trinajstić information content (AvgIpc) is 3.05. The van der Waals surface area contributed by atoms with Gasteiger partial charge in [-0.25, -0.2) is 17.8 Å². The summed E-state index contributed by atoms with van der Waals surface area (Å²) in [6.45, 7) is 5.08. The molecule has 0 aromatic carbocycles. The van der Waals surface area contributed by atoms with Gasteiger partial charge in [0, 0.05) is 25.1 Å². The molecule has 8 nitrogen and oxygen atoms in total. The fraction of sp³-hybridized carbons (Fsp3) is 0.538. The van der Waals surface area contributed by atoms with E-state index in [1.54, 1.807) is 4.68 Å². The van der Waals surface area contributed by atoms with Gasteiger partial charge in [-0.1, -0.05) is 5.16 Å². The van der Waals surface area contributed by atoms with Crippen LogP contribution < -0.4 is 9.46 Å². The van der Waals surface area contributed by atoms with Gasteiger partial charge >= 0.3 is 0 Å². The molecule has 0 amide bonds. The van der Waals surface area contributed by atoms with Crippen molar-refractivity contribution in [3.63, 3.8) is 0 Å². The lowest BCUT2D eigenvalue weighted by atomic mass is 10.1. The van der Waals surface area contributed by atoms with Gasteiger partial charge in [0.15, 0.2) is 4.90 Å². The van der Waals surface area contributed by atoms with E-state index in [4.69, 9.17) is 9.26 Å². The Kier molecular flexibility index (Phi) is 3.92. The highest BCUT2D eigenvalue weighted by atomic mass is 32.2. The average molecular weight is 326 g/mol. The molecule has 0 saturated heterocycles. The second kappa shape index (κ2) is 5.73. The van der Waals surface area contributed by atoms with Crippen LogP contribution in [0.1, 0.15) is 23.4 Å². The van der Waals surface area contributed by atoms with Crippen molar-refractivity contribution >= 4 is 10.0 Å². The number of hydrogen-bond donors (Lipinski definition) is 1. The van der Waals surface area contributed by atoms with Crippen LogP contribution in [0.3, 0.4) is 0 Å². The zero-order valence-corrected chi connectivity index (χ0v) is 13.3. The SMILES string of the molecule is Cc1noc(C)c1CCNS(=O)(=O)c1cnn2c1OCCC2. The quantitative estimate of drug-likeness (QED) is 0.872. The highest BCUT2D eigenvalue weighted by Gasteiger charge is 2.26. The highest BCUT2D eigenvalue weighted by Crippen LogP contribution is 2.26. The molecule has 2 aromatic rings. The summed E-state index contributed by atoms with van der Waals surface area (Å²) in [7, 11) is -3.65. The molecule has 9 heteroatoms. The number of rotatable bonds is 5. The Morgan fingerprint density at radius 2 is 2.23 bits per heavy atom. The first-order valence-electron chi connectivity index (χ1n) is 7.09. The van der Waals surface area contributed by atoms with Crippen LogP contribution in [0.5, 0.6) is 5.88 Å². The van der Waals surface area contributed by atoms with Crippen molar-refractivity contribution in [1.82, 2.24) is 19.7 Å². The van der Waals surface area contributed by atoms with Gasteiger partial charge in [-0.15, -0.1) is 0 Å². The van der Waals surface area contributed by atoms with Gasteiger partial charge in [-0.2, -0.15) is 5.10 Å². The van der Waals surface area contributed by atoms with Crippen LogP contribution in [0.25, 0.3) is 0 Å². The molecular formula is C13H18N4O4S. The molecule has 3 heterocycles. The molecule has 0 aliphatic carbocycles. The lowest BCUT2D eigenvalue weighted by Gasteiger charge is -2.16. The Balaban J connectivity index is 1.70. The van der Waals surface area contributed by atoms with Gasteiger partial charge in [0.25, 0.3) is 0 Å². The minimum absolute atomic E-state index is 0.0889. The summed E-state index contributed by atoms with van der Waals surface area (Å²) in [5.74, 6) is 1.03. The largest absolute Gasteiger partial charge is 0.477 e. The van der Waals surface area contributed by atoms with Crippen LogP contribution in [0.15, 0.2) is 15.6 Å². The number of nitrogens with one attached hydrogen (secondary N) is 1. The Hall–Kier alpha value is -1.87. The number of aromatic nitrogens is 3. The molecule has 0 spiro atoms. The zero-order chi connectivity index (χ0) is 15.7. The maximum atomic E-state index is 12.4. The molecule has 22 heavy (non-hydrogen) atoms. The molecule has 1 aliphatic rings. The molecule has 0 unspecified atom stereocenters. The number of fused-ring (bicyclic) bond motifs is 1. The van der Waals surface area contributed by atoms with Crippen LogP contribution in [0, 0.1) is 13.8 Å². The van der Waals surface area contributed by atoms with E-state index in [1.165, 1.54) is 6.20 Å². The first kappa shape index (κ1) is 15.0. The summed E-state index contributed by atoms with van der Waals surface area (Å²) in [5, 5.41) is 7.91. The zero-order valence-electron chi connectivity index (χ0n) is 12.5. The standard InChI is InChI=1S/C13H18N4O4S/c1-9-11(10(2)21-16-9)4-5-15-22(18,19)12-8-14-17-6-3-7-20-13(12)17/h8,15H,3-7H2,1-2H3. The van der Waals surface area contributed by atoms with Crippen molar-refractivity contribution in [2.45, 2.75) is 38.1 Å². The Bertz CT molecular complexity index is 759. The third-order valence-electron chi connectivity index (χ3n) is 3.65. The maximum Gasteiger partial charge on any atom is 0.247 e. The fourth-order valence-electron chi connectivity index (χ4n) is 2.48. The normalized spacial score (nSPS) is 14.6. The van der Waals surface area contributed by atoms with Gasteiger partial charge in [0.1, 0.15) is 5.76 Å². The summed E-state index contributed by atoms with van der Waals surface area (Å²) < 4.78 is 39.4. The summed E-state index contributed by atoms with van der Waals surface area (Å²) in [4.78, 5) is 0.0889. The predicted octanol–water partition coefficient (Wildman–Crippen LogP) is 0.791. The van der Waals surface area contributed by atoms with Crippen LogP contribution in [0.2, 0.25) is 0 Å². The molecule has 0 saturated carbocycles. The van der Waals surface area contributed by atoms with Gasteiger partial charge in [0.2, 0.25) is 15.9 Å². The Morgan fingerprint density at radius 1 is 1.41 bits per heavy atom. The predicted molar refractivity (Wildman–Crippen MR) is 77.2 cm³/mol. The van der Waals surface area contributed by atoms with Crippen molar-refractivity contribution in [3.05, 3.63) is 23.2 Å². The molecule has 2 aromatic heterocycles. The number of aryl methyl sites for hydroxylation is 3. The highest BCUT2D eigenvalue weighted by molar-refractivity contribution is 7.89. The minimum atomic E-state index is -3.65. The van der Waals surface area contributed by atoms with Crippen LogP contribution in [0.4, 0.5) is 0 Å². The Labute approximate surface area is 128 Å². The number of hydrogen-bond acceptors (Lipinski definition) is 6. The molecule has 1 aliphatic heterocycles. The van der Waals surface area contributed by atoms with Gasteiger partial charge in [0.05, 0.1) is 18.5 Å². The second-order valence-corrected chi connectivity index (χ2v) is 6.93. The first-order chi connectivity index (χ1) is 10.5. The number of ether oxygens (including phenoxy) is 1. The van der Waals surface area contributed by atoms with Crippen molar-refractivity contribution < 1.29 is 17.7 Å². The van der Waals surface area contributed by atoms with E-state index in [1.807, 2.05) is 13.8 Å². The van der Waals surface area contributed by atoms with Crippen molar-refractivity contribution in [2.75, 3.05) is 13.2 Å². The van der Waals surface area contributed by atoms with Crippen molar-refractivity contribution in [3.8, 4) is 5.88 Å². The van der Waals surface area contributed by atoms with Gasteiger partial charge in [-0.3, -0.25) is 0 Å². The molecule has 0 bridgehead atoms. The minimum Gasteiger partial charge on any atom is -0.477 e. The molecule has 0 atom stereocenters. The molecule has 3 rings (SSSR count). The molecular weight excluding hydrogens is 308 g/mol. The van der Waals surface area contributed by atoms with Crippen molar-refractivity contribution in [1.29, 1.82) is 0 Å². The van der Waals surface area contributed by atoms with Gasteiger partial charge in [-0.05, 0) is 20.3 Å². The maximum absolute atomic E-state index is 12.4. The van der Waals surface area contributed by atoms with E-state index in [0.29, 0.717) is 31.2 Å². The number of sulfonamides is 1. The summed E-state index contributed by atoms with van der Waals surface area (Å²) >= 11 is 0. The lowest BCUT2D eigenvalue weighted by molar-refractivity contribution is 0.224. The van der Waals surface area contributed by atoms with E-state index in [2.05, 4.69) is 15.0 Å². The smallest absolute Gasteiger partial charge is 0.247 e. The first-order valence-corrected chi connectivity index (χ1v) is 8.57. The number of nitrogens with zero attached hydrogens (tertiary/aromatic N) is 3. The molecule has 0 fully saturated rings. The van der Waals surface area contributed by atoms with E-state index < -0.39 is 10.0 Å². The van der Waals surface area contributed by atoms with Crippen LogP contribution in [-0.2, 0) is 23.0 Å². The van der Waals surface area contributed by atoms with Crippen LogP contribution >= 0.6 is 0 Å². The topological polar surface area (TPSA) is 99.3 Å². The monoisotopic (exact) mass is 326 g/mol. The molecule has 120 valence electrons. The lowest BCUT2D eigenvalue weighted by Crippen LogP contribution is -2.27. The van der Waals surface area contributed by atoms with E-state index in [-0.39, 0.29) is 11.4 Å². The second-order valence-electron chi connectivity index (χ2n) is 5.19. The molecule has 1 N–H and O–H groups in total. The fourth-order valence-corrected chi connectivity index (χ4v) is 3.58. The summed E-state index contributed by atoms with van der Waals surface area (Å²) in [5.41, 5.74) is 1.71. The third kappa shape index (κ3) is 2.73. The Morgan fingerprint density at radius 3 is 2.95 bits per heavy atom. The molecule has 0 radical (unpaired) electrons. The van der Waals surface area contributed by atoms with Gasteiger partial charge < -0.3 is 9.26 Å².